The number of para-hydroxylation sites is 2. The quantitative estimate of drug-likeness (QED) is 0.766. The number of benzene rings is 1. The van der Waals surface area contributed by atoms with Crippen LogP contribution in [0.5, 0.6) is 0 Å². The predicted octanol–water partition coefficient (Wildman–Crippen LogP) is 3.99. The van der Waals surface area contributed by atoms with Crippen molar-refractivity contribution in [2.45, 2.75) is 45.7 Å². The first-order chi connectivity index (χ1) is 12.0. The molecule has 0 spiro atoms. The summed E-state index contributed by atoms with van der Waals surface area (Å²) in [5, 5.41) is 3.09. The molecule has 1 aromatic carbocycles. The van der Waals surface area contributed by atoms with Gasteiger partial charge in [0, 0.05) is 12.2 Å². The third-order valence-electron chi connectivity index (χ3n) is 4.41. The molecule has 2 aromatic heterocycles. The van der Waals surface area contributed by atoms with E-state index in [0.717, 1.165) is 22.6 Å². The van der Waals surface area contributed by atoms with Crippen LogP contribution in [0.2, 0.25) is 0 Å². The fourth-order valence-electron chi connectivity index (χ4n) is 3.08. The van der Waals surface area contributed by atoms with Crippen LogP contribution in [-0.4, -0.2) is 20.4 Å². The molecule has 0 radical (unpaired) electrons. The zero-order chi connectivity index (χ0) is 18.0. The van der Waals surface area contributed by atoms with Crippen molar-refractivity contribution in [1.29, 1.82) is 0 Å². The fraction of sp³-hybridized carbons (Fsp3) is 0.350. The van der Waals surface area contributed by atoms with Crippen molar-refractivity contribution in [3.05, 3.63) is 60.2 Å². The smallest absolute Gasteiger partial charge is 0.229 e. The van der Waals surface area contributed by atoms with Gasteiger partial charge in [0.05, 0.1) is 28.7 Å². The number of carbonyl (C=O) groups is 1. The summed E-state index contributed by atoms with van der Waals surface area (Å²) in [5.41, 5.74) is 2.81. The van der Waals surface area contributed by atoms with Crippen molar-refractivity contribution >= 4 is 16.9 Å². The number of rotatable bonds is 5. The van der Waals surface area contributed by atoms with E-state index in [1.165, 1.54) is 0 Å². The number of fused-ring (bicyclic) bond motifs is 1. The van der Waals surface area contributed by atoms with E-state index >= 15 is 0 Å². The van der Waals surface area contributed by atoms with Crippen LogP contribution in [0.15, 0.2) is 48.7 Å². The largest absolute Gasteiger partial charge is 0.346 e. The molecule has 0 bridgehead atoms. The highest BCUT2D eigenvalue weighted by Gasteiger charge is 2.23. The van der Waals surface area contributed by atoms with Crippen molar-refractivity contribution in [2.75, 3.05) is 0 Å². The lowest BCUT2D eigenvalue weighted by molar-refractivity contribution is -0.123. The van der Waals surface area contributed by atoms with Crippen molar-refractivity contribution in [3.8, 4) is 0 Å². The predicted molar refractivity (Wildman–Crippen MR) is 99.3 cm³/mol. The highest BCUT2D eigenvalue weighted by atomic mass is 16.1. The minimum atomic E-state index is -0.305. The number of aromatic nitrogens is 3. The molecule has 0 fully saturated rings. The van der Waals surface area contributed by atoms with E-state index in [1.807, 2.05) is 50.2 Å². The van der Waals surface area contributed by atoms with Gasteiger partial charge in [0.2, 0.25) is 5.91 Å². The number of hydrogen-bond donors (Lipinski definition) is 1. The highest BCUT2D eigenvalue weighted by Crippen LogP contribution is 2.25. The zero-order valence-corrected chi connectivity index (χ0v) is 15.1. The van der Waals surface area contributed by atoms with Crippen LogP contribution in [0.1, 0.15) is 57.2 Å². The normalized spacial score (nSPS) is 13.8. The van der Waals surface area contributed by atoms with E-state index in [0.29, 0.717) is 0 Å². The molecule has 130 valence electrons. The highest BCUT2D eigenvalue weighted by molar-refractivity contribution is 5.83. The van der Waals surface area contributed by atoms with Gasteiger partial charge in [-0.3, -0.25) is 9.78 Å². The summed E-state index contributed by atoms with van der Waals surface area (Å²) >= 11 is 0. The van der Waals surface area contributed by atoms with Crippen LogP contribution in [-0.2, 0) is 4.79 Å². The Kier molecular flexibility index (Phi) is 4.83. The average Bonchev–Trinajstić information content (AvgIpc) is 3.01. The summed E-state index contributed by atoms with van der Waals surface area (Å²) in [6.45, 7) is 8.10. The van der Waals surface area contributed by atoms with Gasteiger partial charge in [0.1, 0.15) is 5.82 Å². The summed E-state index contributed by atoms with van der Waals surface area (Å²) in [7, 11) is 0. The van der Waals surface area contributed by atoms with E-state index in [2.05, 4.69) is 34.8 Å². The van der Waals surface area contributed by atoms with Gasteiger partial charge in [0.15, 0.2) is 0 Å². The standard InChI is InChI=1S/C20H24N4O/c1-13(2)24-18-11-6-5-10-17(18)23-19(24)15(4)22-20(25)14(3)16-9-7-8-12-21-16/h5-15H,1-4H3,(H,22,25)/t14-,15-/m0/s1. The van der Waals surface area contributed by atoms with Crippen LogP contribution in [0, 0.1) is 0 Å². The minimum Gasteiger partial charge on any atom is -0.346 e. The molecule has 5 heteroatoms. The second kappa shape index (κ2) is 7.05. The molecule has 3 aromatic rings. The van der Waals surface area contributed by atoms with Crippen LogP contribution in [0.3, 0.4) is 0 Å². The molecule has 0 aliphatic rings. The Labute approximate surface area is 148 Å². The maximum absolute atomic E-state index is 12.6. The monoisotopic (exact) mass is 336 g/mol. The van der Waals surface area contributed by atoms with Crippen LogP contribution in [0.4, 0.5) is 0 Å². The Balaban J connectivity index is 1.86. The summed E-state index contributed by atoms with van der Waals surface area (Å²) in [6, 6.07) is 13.8. The molecule has 2 heterocycles. The lowest BCUT2D eigenvalue weighted by Gasteiger charge is -2.20. The topological polar surface area (TPSA) is 59.8 Å². The number of nitrogens with one attached hydrogen (secondary N) is 1. The molecule has 2 atom stereocenters. The summed E-state index contributed by atoms with van der Waals surface area (Å²) in [6.07, 6.45) is 1.71. The number of carbonyl (C=O) groups excluding carboxylic acids is 1. The fourth-order valence-corrected chi connectivity index (χ4v) is 3.08. The van der Waals surface area contributed by atoms with Gasteiger partial charge >= 0.3 is 0 Å². The maximum atomic E-state index is 12.6. The molecule has 0 saturated heterocycles. The second-order valence-electron chi connectivity index (χ2n) is 6.63. The molecule has 1 N–H and O–H groups in total. The average molecular weight is 336 g/mol. The zero-order valence-electron chi connectivity index (χ0n) is 15.1. The Bertz CT molecular complexity index is 870. The third kappa shape index (κ3) is 3.40. The number of hydrogen-bond acceptors (Lipinski definition) is 3. The Morgan fingerprint density at radius 3 is 2.44 bits per heavy atom. The first kappa shape index (κ1) is 17.1. The van der Waals surface area contributed by atoms with Crippen molar-refractivity contribution in [1.82, 2.24) is 19.9 Å². The van der Waals surface area contributed by atoms with Crippen molar-refractivity contribution < 1.29 is 4.79 Å². The third-order valence-corrected chi connectivity index (χ3v) is 4.41. The Hall–Kier alpha value is -2.69. The van der Waals surface area contributed by atoms with Gasteiger partial charge in [-0.2, -0.15) is 0 Å². The number of imidazole rings is 1. The lowest BCUT2D eigenvalue weighted by atomic mass is 10.1. The van der Waals surface area contributed by atoms with Crippen molar-refractivity contribution in [2.24, 2.45) is 0 Å². The molecule has 25 heavy (non-hydrogen) atoms. The van der Waals surface area contributed by atoms with E-state index in [1.54, 1.807) is 6.20 Å². The van der Waals surface area contributed by atoms with Crippen LogP contribution in [0.25, 0.3) is 11.0 Å². The van der Waals surface area contributed by atoms with Gasteiger partial charge < -0.3 is 9.88 Å². The minimum absolute atomic E-state index is 0.0476. The molecule has 3 rings (SSSR count). The molecule has 0 aliphatic carbocycles. The molecule has 5 nitrogen and oxygen atoms in total. The second-order valence-corrected chi connectivity index (χ2v) is 6.63. The molecular formula is C20H24N4O. The van der Waals surface area contributed by atoms with Gasteiger partial charge in [-0.15, -0.1) is 0 Å². The number of amides is 1. The molecular weight excluding hydrogens is 312 g/mol. The Morgan fingerprint density at radius 1 is 1.04 bits per heavy atom. The van der Waals surface area contributed by atoms with Crippen LogP contribution >= 0.6 is 0 Å². The molecule has 0 unspecified atom stereocenters. The van der Waals surface area contributed by atoms with E-state index in [9.17, 15) is 4.79 Å². The van der Waals surface area contributed by atoms with E-state index < -0.39 is 0 Å². The summed E-state index contributed by atoms with van der Waals surface area (Å²) < 4.78 is 2.19. The number of pyridine rings is 1. The van der Waals surface area contributed by atoms with Gasteiger partial charge in [-0.25, -0.2) is 4.98 Å². The van der Waals surface area contributed by atoms with E-state index in [-0.39, 0.29) is 23.9 Å². The van der Waals surface area contributed by atoms with E-state index in [4.69, 9.17) is 4.98 Å². The van der Waals surface area contributed by atoms with Gasteiger partial charge in [-0.1, -0.05) is 18.2 Å². The maximum Gasteiger partial charge on any atom is 0.229 e. The first-order valence-electron chi connectivity index (χ1n) is 8.67. The molecule has 0 aliphatic heterocycles. The summed E-state index contributed by atoms with van der Waals surface area (Å²) in [4.78, 5) is 21.7. The first-order valence-corrected chi connectivity index (χ1v) is 8.67. The van der Waals surface area contributed by atoms with Gasteiger partial charge in [0.25, 0.3) is 0 Å². The summed E-state index contributed by atoms with van der Waals surface area (Å²) in [5.74, 6) is 0.520. The Morgan fingerprint density at radius 2 is 1.76 bits per heavy atom. The molecule has 1 amide bonds. The van der Waals surface area contributed by atoms with Crippen molar-refractivity contribution in [3.63, 3.8) is 0 Å². The molecule has 0 saturated carbocycles. The van der Waals surface area contributed by atoms with Gasteiger partial charge in [-0.05, 0) is 52.0 Å². The lowest BCUT2D eigenvalue weighted by Crippen LogP contribution is -2.32. The number of nitrogens with zero attached hydrogens (tertiary/aromatic N) is 3. The SMILES string of the molecule is CC(C)n1c([C@H](C)NC(=O)[C@@H](C)c2ccccn2)nc2ccccc21. The van der Waals surface area contributed by atoms with Crippen LogP contribution < -0.4 is 5.32 Å².